The van der Waals surface area contributed by atoms with Gasteiger partial charge in [-0.15, -0.1) is 0 Å². The number of pyridine rings is 2. The molecule has 1 saturated carbocycles. The summed E-state index contributed by atoms with van der Waals surface area (Å²) in [7, 11) is 0. The van der Waals surface area contributed by atoms with Gasteiger partial charge in [-0.1, -0.05) is 20.8 Å². The van der Waals surface area contributed by atoms with Crippen molar-refractivity contribution in [3.63, 3.8) is 0 Å². The summed E-state index contributed by atoms with van der Waals surface area (Å²) in [6.45, 7) is 26.6. The second-order valence-electron chi connectivity index (χ2n) is 15.4. The Bertz CT molecular complexity index is 1120. The van der Waals surface area contributed by atoms with Crippen molar-refractivity contribution >= 4 is 5.82 Å². The fourth-order valence-corrected chi connectivity index (χ4v) is 5.79. The molecule has 0 bridgehead atoms. The van der Waals surface area contributed by atoms with E-state index >= 15 is 0 Å². The van der Waals surface area contributed by atoms with Crippen molar-refractivity contribution in [1.82, 2.24) is 20.2 Å². The fourth-order valence-electron chi connectivity index (χ4n) is 5.79. The highest BCUT2D eigenvalue weighted by atomic mass is 16.5. The summed E-state index contributed by atoms with van der Waals surface area (Å²) in [5, 5.41) is 3.64. The molecule has 0 unspecified atom stereocenters. The average Bonchev–Trinajstić information content (AvgIpc) is 2.86. The topological polar surface area (TPSA) is 62.8 Å². The molecule has 3 heterocycles. The molecule has 2 aliphatic rings. The minimum atomic E-state index is -0.291. The van der Waals surface area contributed by atoms with E-state index in [1.165, 1.54) is 5.56 Å². The summed E-state index contributed by atoms with van der Waals surface area (Å²) in [4.78, 5) is 14.3. The Kier molecular flexibility index (Phi) is 9.30. The molecule has 0 atom stereocenters. The van der Waals surface area contributed by atoms with E-state index in [-0.39, 0.29) is 28.2 Å². The van der Waals surface area contributed by atoms with Crippen LogP contribution < -0.4 is 19.7 Å². The summed E-state index contributed by atoms with van der Waals surface area (Å²) in [6.07, 6.45) is 8.05. The molecule has 2 fully saturated rings. The molecule has 7 nitrogen and oxygen atoms in total. The summed E-state index contributed by atoms with van der Waals surface area (Å²) in [5.41, 5.74) is 1.41. The van der Waals surface area contributed by atoms with Crippen molar-refractivity contribution in [2.75, 3.05) is 31.1 Å². The highest BCUT2D eigenvalue weighted by Crippen LogP contribution is 2.32. The molecule has 1 aliphatic carbocycles. The maximum Gasteiger partial charge on any atom is 0.213 e. The first-order chi connectivity index (χ1) is 19.0. The third-order valence-electron chi connectivity index (χ3n) is 8.53. The van der Waals surface area contributed by atoms with Crippen molar-refractivity contribution in [3.05, 3.63) is 42.2 Å². The lowest BCUT2D eigenvalue weighted by atomic mass is 9.87. The average molecular weight is 566 g/mol. The van der Waals surface area contributed by atoms with Crippen LogP contribution in [0.2, 0.25) is 0 Å². The minimum absolute atomic E-state index is 0.0891. The van der Waals surface area contributed by atoms with E-state index in [1.807, 2.05) is 18.3 Å². The van der Waals surface area contributed by atoms with Crippen molar-refractivity contribution in [3.8, 4) is 11.6 Å². The van der Waals surface area contributed by atoms with Crippen molar-refractivity contribution < 1.29 is 9.47 Å². The lowest BCUT2D eigenvalue weighted by molar-refractivity contribution is 0.0510. The number of hydrogen-bond donors (Lipinski definition) is 1. The lowest BCUT2D eigenvalue weighted by Crippen LogP contribution is -2.55. The van der Waals surface area contributed by atoms with E-state index in [1.54, 1.807) is 6.20 Å². The molecule has 7 heteroatoms. The molecular weight excluding hydrogens is 510 g/mol. The van der Waals surface area contributed by atoms with Gasteiger partial charge in [-0.25, -0.2) is 9.97 Å². The standard InChI is InChI=1S/C34H55N5O2/c1-31(2,3)25-13-16-35-29(21-25)38-17-19-39(20-18-38)33(7,8)14-15-34(9,10)41-27-11-12-30(36-24-27)40-28-22-26(23-28)37-32(4,5)6/h11-13,16,21,24,26,28,37H,14-15,17-20,22-23H2,1-10H3/t26-,28+. The number of rotatable bonds is 10. The highest BCUT2D eigenvalue weighted by Gasteiger charge is 2.34. The number of piperazine rings is 1. The van der Waals surface area contributed by atoms with Crippen LogP contribution in [0, 0.1) is 0 Å². The lowest BCUT2D eigenvalue weighted by Gasteiger charge is -2.45. The highest BCUT2D eigenvalue weighted by molar-refractivity contribution is 5.43. The van der Waals surface area contributed by atoms with E-state index in [4.69, 9.17) is 9.47 Å². The number of aromatic nitrogens is 2. The molecule has 2 aromatic heterocycles. The van der Waals surface area contributed by atoms with Gasteiger partial charge in [0.1, 0.15) is 23.3 Å². The van der Waals surface area contributed by atoms with E-state index in [0.29, 0.717) is 11.9 Å². The predicted octanol–water partition coefficient (Wildman–Crippen LogP) is 6.61. The number of nitrogens with zero attached hydrogens (tertiary/aromatic N) is 4. The van der Waals surface area contributed by atoms with Gasteiger partial charge in [0, 0.05) is 55.6 Å². The summed E-state index contributed by atoms with van der Waals surface area (Å²) in [5.74, 6) is 2.57. The molecule has 0 aromatic carbocycles. The Morgan fingerprint density at radius 1 is 0.854 bits per heavy atom. The molecule has 1 aliphatic heterocycles. The zero-order valence-corrected chi connectivity index (χ0v) is 27.4. The van der Waals surface area contributed by atoms with Crippen LogP contribution in [0.3, 0.4) is 0 Å². The Balaban J connectivity index is 1.22. The number of ether oxygens (including phenoxy) is 2. The Hall–Kier alpha value is -2.38. The van der Waals surface area contributed by atoms with Crippen molar-refractivity contribution in [2.24, 2.45) is 0 Å². The van der Waals surface area contributed by atoms with Gasteiger partial charge in [-0.2, -0.15) is 0 Å². The van der Waals surface area contributed by atoms with Crippen molar-refractivity contribution in [1.29, 1.82) is 0 Å². The SMILES string of the molecule is CC(C)(C)N[C@H]1C[C@@H](Oc2ccc(OC(C)(C)CCC(C)(C)N3CCN(c4cc(C(C)(C)C)ccn4)CC3)cn2)C1. The molecular formula is C34H55N5O2. The van der Waals surface area contributed by atoms with E-state index in [2.05, 4.69) is 106 Å². The third-order valence-corrected chi connectivity index (χ3v) is 8.53. The zero-order valence-electron chi connectivity index (χ0n) is 27.4. The first kappa shape index (κ1) is 31.6. The third kappa shape index (κ3) is 9.05. The molecule has 1 N–H and O–H groups in total. The summed E-state index contributed by atoms with van der Waals surface area (Å²) < 4.78 is 12.5. The molecule has 1 saturated heterocycles. The van der Waals surface area contributed by atoms with Crippen LogP contribution in [-0.2, 0) is 5.41 Å². The smallest absolute Gasteiger partial charge is 0.213 e. The molecule has 228 valence electrons. The first-order valence-electron chi connectivity index (χ1n) is 15.6. The Morgan fingerprint density at radius 3 is 2.12 bits per heavy atom. The molecule has 2 aromatic rings. The van der Waals surface area contributed by atoms with Gasteiger partial charge in [0.2, 0.25) is 5.88 Å². The zero-order chi connectivity index (χ0) is 30.1. The predicted molar refractivity (Wildman–Crippen MR) is 169 cm³/mol. The number of hydrogen-bond acceptors (Lipinski definition) is 7. The van der Waals surface area contributed by atoms with Crippen LogP contribution in [0.5, 0.6) is 11.6 Å². The second kappa shape index (κ2) is 12.1. The minimum Gasteiger partial charge on any atom is -0.486 e. The van der Waals surface area contributed by atoms with Crippen LogP contribution in [0.4, 0.5) is 5.82 Å². The van der Waals surface area contributed by atoms with E-state index in [9.17, 15) is 0 Å². The quantitative estimate of drug-likeness (QED) is 0.348. The normalized spacial score (nSPS) is 21.0. The van der Waals surface area contributed by atoms with Gasteiger partial charge in [-0.3, -0.25) is 4.90 Å². The molecule has 0 spiro atoms. The largest absolute Gasteiger partial charge is 0.486 e. The van der Waals surface area contributed by atoms with Gasteiger partial charge >= 0.3 is 0 Å². The van der Waals surface area contributed by atoms with Crippen LogP contribution in [-0.4, -0.2) is 69.9 Å². The summed E-state index contributed by atoms with van der Waals surface area (Å²) in [6, 6.07) is 8.86. The molecule has 0 amide bonds. The first-order valence-corrected chi connectivity index (χ1v) is 15.6. The fraction of sp³-hybridized carbons (Fsp3) is 0.706. The second-order valence-corrected chi connectivity index (χ2v) is 15.4. The van der Waals surface area contributed by atoms with Gasteiger partial charge < -0.3 is 19.7 Å². The molecule has 0 radical (unpaired) electrons. The number of nitrogens with one attached hydrogen (secondary N) is 1. The van der Waals surface area contributed by atoms with Crippen LogP contribution in [0.1, 0.15) is 100 Å². The van der Waals surface area contributed by atoms with Gasteiger partial charge in [-0.05, 0) is 103 Å². The van der Waals surface area contributed by atoms with Gasteiger partial charge in [0.05, 0.1) is 6.20 Å². The van der Waals surface area contributed by atoms with Gasteiger partial charge in [0.15, 0.2) is 0 Å². The van der Waals surface area contributed by atoms with Crippen LogP contribution in [0.15, 0.2) is 36.7 Å². The molecule has 41 heavy (non-hydrogen) atoms. The summed E-state index contributed by atoms with van der Waals surface area (Å²) >= 11 is 0. The maximum absolute atomic E-state index is 6.41. The number of anilines is 1. The van der Waals surface area contributed by atoms with E-state index in [0.717, 1.165) is 63.4 Å². The Morgan fingerprint density at radius 2 is 1.54 bits per heavy atom. The molecule has 4 rings (SSSR count). The van der Waals surface area contributed by atoms with Crippen molar-refractivity contribution in [2.45, 2.75) is 129 Å². The van der Waals surface area contributed by atoms with Crippen LogP contribution >= 0.6 is 0 Å². The van der Waals surface area contributed by atoms with E-state index < -0.39 is 0 Å². The maximum atomic E-state index is 6.41. The monoisotopic (exact) mass is 565 g/mol. The Labute approximate surface area is 249 Å². The van der Waals surface area contributed by atoms with Crippen LogP contribution in [0.25, 0.3) is 0 Å². The van der Waals surface area contributed by atoms with Gasteiger partial charge in [0.25, 0.3) is 0 Å².